The maximum absolute atomic E-state index is 15.1. The highest BCUT2D eigenvalue weighted by Gasteiger charge is 2.28. The Morgan fingerprint density at radius 2 is 0.745 bits per heavy atom. The summed E-state index contributed by atoms with van der Waals surface area (Å²) in [4.78, 5) is 0. The largest absolute Gasteiger partial charge is 0.658 e. The van der Waals surface area contributed by atoms with Crippen molar-refractivity contribution in [3.05, 3.63) is 59.2 Å². The van der Waals surface area contributed by atoms with Crippen molar-refractivity contribution in [2.75, 3.05) is 0 Å². The third-order valence-corrected chi connectivity index (χ3v) is 14.2. The lowest BCUT2D eigenvalue weighted by molar-refractivity contribution is 0.224. The van der Waals surface area contributed by atoms with Gasteiger partial charge in [0.1, 0.15) is 11.5 Å². The third-order valence-electron chi connectivity index (χ3n) is 14.2. The second kappa shape index (κ2) is 19.9. The van der Waals surface area contributed by atoms with E-state index in [1.165, 1.54) is 128 Å². The number of rotatable bonds is 16. The van der Waals surface area contributed by atoms with Crippen molar-refractivity contribution in [1.82, 2.24) is 0 Å². The van der Waals surface area contributed by atoms with Crippen LogP contribution in [0.15, 0.2) is 36.4 Å². The van der Waals surface area contributed by atoms with E-state index in [4.69, 9.17) is 9.31 Å². The van der Waals surface area contributed by atoms with Crippen molar-refractivity contribution < 1.29 is 18.1 Å². The van der Waals surface area contributed by atoms with Crippen molar-refractivity contribution in [3.63, 3.8) is 0 Å². The molecule has 5 heteroatoms. The van der Waals surface area contributed by atoms with Gasteiger partial charge in [-0.25, -0.2) is 8.78 Å². The minimum Gasteiger partial charge on any atom is -0.524 e. The SMILES string of the molecule is CCCC1CCC(CCC2CCC(c3ccc(O[B]Oc4ccc(C5CCC(CCC6CCC(CCC)CC6)CC5)cc4F)c(F)c3)CC2)CC1. The molecule has 6 rings (SSSR count). The molecule has 4 aliphatic carbocycles. The predicted molar refractivity (Wildman–Crippen MR) is 208 cm³/mol. The molecular formula is C46H68BF2O2. The maximum atomic E-state index is 15.1. The summed E-state index contributed by atoms with van der Waals surface area (Å²) in [5.74, 6) is 5.80. The van der Waals surface area contributed by atoms with Crippen LogP contribution in [-0.2, 0) is 0 Å². The van der Waals surface area contributed by atoms with E-state index in [-0.39, 0.29) is 23.1 Å². The van der Waals surface area contributed by atoms with Gasteiger partial charge in [-0.1, -0.05) is 129 Å². The van der Waals surface area contributed by atoms with Crippen LogP contribution in [0.4, 0.5) is 8.78 Å². The topological polar surface area (TPSA) is 18.5 Å². The average Bonchev–Trinajstić information content (AvgIpc) is 3.16. The third kappa shape index (κ3) is 11.5. The van der Waals surface area contributed by atoms with Crippen molar-refractivity contribution in [2.45, 2.75) is 180 Å². The zero-order valence-corrected chi connectivity index (χ0v) is 32.2. The lowest BCUT2D eigenvalue weighted by atomic mass is 9.74. The molecule has 0 saturated heterocycles. The standard InChI is InChI=1S/C46H68BF2O2/c1-3-5-33-7-11-35(12-8-33)15-17-37-19-23-39(24-20-37)41-27-29-45(43(48)31-41)50-47-51-46-30-28-42(32-44(46)49)40-25-21-38(22-26-40)18-16-36-13-9-34(6-4-2)10-14-36/h27-40H,3-26H2,1-2H3. The molecule has 0 unspecified atom stereocenters. The fourth-order valence-corrected chi connectivity index (χ4v) is 10.8. The Morgan fingerprint density at radius 3 is 1.04 bits per heavy atom. The fourth-order valence-electron chi connectivity index (χ4n) is 10.8. The van der Waals surface area contributed by atoms with Crippen molar-refractivity contribution in [3.8, 4) is 11.5 Å². The van der Waals surface area contributed by atoms with Crippen LogP contribution in [0, 0.1) is 47.1 Å². The smallest absolute Gasteiger partial charge is 0.524 e. The van der Waals surface area contributed by atoms with Crippen LogP contribution in [0.2, 0.25) is 0 Å². The molecule has 0 spiro atoms. The van der Waals surface area contributed by atoms with Crippen LogP contribution in [-0.4, -0.2) is 7.69 Å². The maximum Gasteiger partial charge on any atom is 0.658 e. The molecule has 0 atom stereocenters. The van der Waals surface area contributed by atoms with E-state index in [9.17, 15) is 0 Å². The van der Waals surface area contributed by atoms with E-state index in [2.05, 4.69) is 13.8 Å². The average molecular weight is 702 g/mol. The van der Waals surface area contributed by atoms with Gasteiger partial charge in [0.15, 0.2) is 11.6 Å². The quantitative estimate of drug-likeness (QED) is 0.162. The molecule has 0 amide bonds. The molecule has 4 aliphatic rings. The molecule has 0 N–H and O–H groups in total. The molecule has 2 aromatic carbocycles. The highest BCUT2D eigenvalue weighted by molar-refractivity contribution is 6.20. The summed E-state index contributed by atoms with van der Waals surface area (Å²) < 4.78 is 41.2. The molecule has 51 heavy (non-hydrogen) atoms. The van der Waals surface area contributed by atoms with Gasteiger partial charge >= 0.3 is 7.69 Å². The molecule has 4 fully saturated rings. The van der Waals surface area contributed by atoms with Crippen molar-refractivity contribution in [2.24, 2.45) is 35.5 Å². The summed E-state index contributed by atoms with van der Waals surface area (Å²) >= 11 is 0. The molecule has 2 nitrogen and oxygen atoms in total. The van der Waals surface area contributed by atoms with Gasteiger partial charge in [-0.3, -0.25) is 0 Å². The fraction of sp³-hybridized carbons (Fsp3) is 0.739. The Balaban J connectivity index is 0.867. The van der Waals surface area contributed by atoms with Crippen molar-refractivity contribution in [1.29, 1.82) is 0 Å². The summed E-state index contributed by atoms with van der Waals surface area (Å²) in [7, 11) is 1.05. The van der Waals surface area contributed by atoms with Gasteiger partial charge in [0.05, 0.1) is 0 Å². The Morgan fingerprint density at radius 1 is 0.451 bits per heavy atom. The molecule has 2 aromatic rings. The van der Waals surface area contributed by atoms with Crippen LogP contribution < -0.4 is 9.31 Å². The van der Waals surface area contributed by atoms with Crippen molar-refractivity contribution >= 4 is 7.69 Å². The summed E-state index contributed by atoms with van der Waals surface area (Å²) in [6.07, 6.45) is 32.2. The zero-order valence-electron chi connectivity index (χ0n) is 32.2. The summed E-state index contributed by atoms with van der Waals surface area (Å²) in [6.45, 7) is 4.64. The van der Waals surface area contributed by atoms with Crippen LogP contribution in [0.1, 0.15) is 191 Å². The van der Waals surface area contributed by atoms with Gasteiger partial charge in [-0.15, -0.1) is 0 Å². The van der Waals surface area contributed by atoms with Gasteiger partial charge in [0, 0.05) is 0 Å². The number of halogens is 2. The molecular weight excluding hydrogens is 633 g/mol. The minimum absolute atomic E-state index is 0.110. The summed E-state index contributed by atoms with van der Waals surface area (Å²) in [6, 6.07) is 10.6. The lowest BCUT2D eigenvalue weighted by Gasteiger charge is -2.32. The Bertz CT molecular complexity index is 1200. The van der Waals surface area contributed by atoms with Crippen LogP contribution in [0.25, 0.3) is 0 Å². The number of benzene rings is 2. The van der Waals surface area contributed by atoms with Gasteiger partial charge in [-0.2, -0.15) is 0 Å². The molecule has 0 aliphatic heterocycles. The van der Waals surface area contributed by atoms with Crippen LogP contribution >= 0.6 is 0 Å². The molecule has 4 saturated carbocycles. The first-order chi connectivity index (χ1) is 25.0. The molecule has 0 bridgehead atoms. The normalized spacial score (nSPS) is 30.1. The lowest BCUT2D eigenvalue weighted by Crippen LogP contribution is -2.18. The molecule has 0 heterocycles. The molecule has 1 radical (unpaired) electrons. The highest BCUT2D eigenvalue weighted by Crippen LogP contribution is 2.43. The minimum atomic E-state index is -0.390. The van der Waals surface area contributed by atoms with Crippen LogP contribution in [0.5, 0.6) is 11.5 Å². The molecule has 0 aromatic heterocycles. The Hall–Kier alpha value is -2.04. The highest BCUT2D eigenvalue weighted by atomic mass is 19.1. The monoisotopic (exact) mass is 702 g/mol. The second-order valence-corrected chi connectivity index (χ2v) is 17.7. The van der Waals surface area contributed by atoms with Gasteiger partial charge in [0.25, 0.3) is 0 Å². The summed E-state index contributed by atoms with van der Waals surface area (Å²) in [5.41, 5.74) is 2.13. The Kier molecular flexibility index (Phi) is 15.1. The number of hydrogen-bond donors (Lipinski definition) is 0. The number of hydrogen-bond acceptors (Lipinski definition) is 2. The van der Waals surface area contributed by atoms with E-state index < -0.39 is 0 Å². The van der Waals surface area contributed by atoms with E-state index in [0.717, 1.165) is 80.0 Å². The first kappa shape index (κ1) is 38.7. The van der Waals surface area contributed by atoms with Crippen LogP contribution in [0.3, 0.4) is 0 Å². The molecule has 281 valence electrons. The summed E-state index contributed by atoms with van der Waals surface area (Å²) in [5, 5.41) is 0. The first-order valence-corrected chi connectivity index (χ1v) is 21.7. The van der Waals surface area contributed by atoms with Gasteiger partial charge < -0.3 is 9.31 Å². The van der Waals surface area contributed by atoms with E-state index in [1.54, 1.807) is 24.3 Å². The zero-order chi connectivity index (χ0) is 35.4. The second-order valence-electron chi connectivity index (χ2n) is 17.7. The van der Waals surface area contributed by atoms with Gasteiger partial charge in [0.2, 0.25) is 0 Å². The van der Waals surface area contributed by atoms with E-state index >= 15 is 8.78 Å². The van der Waals surface area contributed by atoms with E-state index in [0.29, 0.717) is 11.8 Å². The predicted octanol–water partition coefficient (Wildman–Crippen LogP) is 14.3. The first-order valence-electron chi connectivity index (χ1n) is 21.7. The van der Waals surface area contributed by atoms with Gasteiger partial charge in [-0.05, 0) is 134 Å². The Labute approximate surface area is 310 Å². The van der Waals surface area contributed by atoms with E-state index in [1.807, 2.05) is 12.1 Å².